The lowest BCUT2D eigenvalue weighted by Gasteiger charge is -2.04. The van der Waals surface area contributed by atoms with Crippen LogP contribution in [0.3, 0.4) is 0 Å². The molecule has 0 amide bonds. The van der Waals surface area contributed by atoms with Gasteiger partial charge in [0, 0.05) is 0 Å². The molecule has 0 aromatic heterocycles. The maximum Gasteiger partial charge on any atom is 0.0670 e. The summed E-state index contributed by atoms with van der Waals surface area (Å²) in [5, 5.41) is 17.3. The Morgan fingerprint density at radius 1 is 1.21 bits per heavy atom. The zero-order valence-electron chi connectivity index (χ0n) is 8.20. The van der Waals surface area contributed by atoms with Crippen LogP contribution in [0.5, 0.6) is 0 Å². The summed E-state index contributed by atoms with van der Waals surface area (Å²) >= 11 is 0. The molecule has 0 saturated carbocycles. The quantitative estimate of drug-likeness (QED) is 0.724. The summed E-state index contributed by atoms with van der Waals surface area (Å²) in [6.45, 7) is 2.03. The van der Waals surface area contributed by atoms with Crippen LogP contribution >= 0.6 is 0 Å². The third-order valence-corrected chi connectivity index (χ3v) is 2.12. The Hall–Kier alpha value is -1.80. The molecule has 0 heterocycles. The fourth-order valence-electron chi connectivity index (χ4n) is 1.28. The van der Waals surface area contributed by atoms with E-state index in [0.29, 0.717) is 12.8 Å². The predicted molar refractivity (Wildman–Crippen MR) is 54.2 cm³/mol. The molecule has 70 valence electrons. The lowest BCUT2D eigenvalue weighted by atomic mass is 9.98. The predicted octanol–water partition coefficient (Wildman–Crippen LogP) is 2.59. The maximum absolute atomic E-state index is 8.77. The normalized spacial score (nSPS) is 11.4. The molecule has 0 bridgehead atoms. The van der Waals surface area contributed by atoms with Gasteiger partial charge in [-0.1, -0.05) is 29.8 Å². The number of nitriles is 2. The molecule has 0 aliphatic heterocycles. The second-order valence-corrected chi connectivity index (χ2v) is 3.38. The number of benzene rings is 1. The molecule has 2 heteroatoms. The summed E-state index contributed by atoms with van der Waals surface area (Å²) in [7, 11) is 0. The van der Waals surface area contributed by atoms with Crippen molar-refractivity contribution in [2.75, 3.05) is 0 Å². The van der Waals surface area contributed by atoms with Crippen LogP contribution < -0.4 is 0 Å². The standard InChI is InChI=1S/C12H12N2/c1-10-2-4-11(5-3-10)8-12(9-14)6-7-13/h2-5,12H,6,8H2,1H3/t12-/m0/s1. The number of rotatable bonds is 3. The largest absolute Gasteiger partial charge is 0.198 e. The fraction of sp³-hybridized carbons (Fsp3) is 0.333. The first-order valence-corrected chi connectivity index (χ1v) is 4.58. The van der Waals surface area contributed by atoms with E-state index in [1.54, 1.807) is 0 Å². The van der Waals surface area contributed by atoms with Crippen molar-refractivity contribution < 1.29 is 0 Å². The molecule has 0 N–H and O–H groups in total. The Morgan fingerprint density at radius 2 is 1.86 bits per heavy atom. The van der Waals surface area contributed by atoms with Gasteiger partial charge in [0.1, 0.15) is 0 Å². The molecule has 0 unspecified atom stereocenters. The van der Waals surface area contributed by atoms with Crippen LogP contribution in [-0.4, -0.2) is 0 Å². The molecule has 1 aromatic carbocycles. The van der Waals surface area contributed by atoms with E-state index >= 15 is 0 Å². The van der Waals surface area contributed by atoms with Gasteiger partial charge in [0.15, 0.2) is 0 Å². The number of nitrogens with zero attached hydrogens (tertiary/aromatic N) is 2. The summed E-state index contributed by atoms with van der Waals surface area (Å²) in [5.41, 5.74) is 2.33. The van der Waals surface area contributed by atoms with E-state index in [9.17, 15) is 0 Å². The molecule has 1 rings (SSSR count). The molecule has 0 radical (unpaired) electrons. The second kappa shape index (κ2) is 5.04. The summed E-state index contributed by atoms with van der Waals surface area (Å²) < 4.78 is 0. The second-order valence-electron chi connectivity index (χ2n) is 3.38. The van der Waals surface area contributed by atoms with Gasteiger partial charge in [-0.2, -0.15) is 10.5 Å². The average Bonchev–Trinajstić information content (AvgIpc) is 2.20. The van der Waals surface area contributed by atoms with E-state index < -0.39 is 0 Å². The molecular weight excluding hydrogens is 172 g/mol. The summed E-state index contributed by atoms with van der Waals surface area (Å²) in [5.74, 6) is -0.178. The Kier molecular flexibility index (Phi) is 3.70. The highest BCUT2D eigenvalue weighted by Gasteiger charge is 2.07. The lowest BCUT2D eigenvalue weighted by molar-refractivity contribution is 0.680. The van der Waals surface area contributed by atoms with Crippen molar-refractivity contribution in [1.29, 1.82) is 10.5 Å². The lowest BCUT2D eigenvalue weighted by Crippen LogP contribution is -2.00. The topological polar surface area (TPSA) is 47.6 Å². The zero-order chi connectivity index (χ0) is 10.4. The Balaban J connectivity index is 2.65. The highest BCUT2D eigenvalue weighted by atomic mass is 14.3. The van der Waals surface area contributed by atoms with Crippen molar-refractivity contribution in [3.63, 3.8) is 0 Å². The van der Waals surface area contributed by atoms with Crippen LogP contribution in [0.25, 0.3) is 0 Å². The van der Waals surface area contributed by atoms with E-state index in [1.165, 1.54) is 5.56 Å². The van der Waals surface area contributed by atoms with Crippen LogP contribution in [-0.2, 0) is 6.42 Å². The first kappa shape index (κ1) is 10.3. The molecule has 0 aliphatic rings. The van der Waals surface area contributed by atoms with E-state index in [0.717, 1.165) is 5.56 Å². The van der Waals surface area contributed by atoms with Crippen LogP contribution in [0.15, 0.2) is 24.3 Å². The van der Waals surface area contributed by atoms with Gasteiger partial charge in [0.25, 0.3) is 0 Å². The van der Waals surface area contributed by atoms with Gasteiger partial charge in [-0.15, -0.1) is 0 Å². The van der Waals surface area contributed by atoms with Crippen molar-refractivity contribution in [3.05, 3.63) is 35.4 Å². The van der Waals surface area contributed by atoms with Gasteiger partial charge in [-0.05, 0) is 18.9 Å². The molecule has 0 spiro atoms. The molecule has 0 aliphatic carbocycles. The minimum Gasteiger partial charge on any atom is -0.198 e. The van der Waals surface area contributed by atoms with Gasteiger partial charge in [0.05, 0.1) is 24.5 Å². The zero-order valence-corrected chi connectivity index (χ0v) is 8.20. The van der Waals surface area contributed by atoms with E-state index in [2.05, 4.69) is 6.07 Å². The van der Waals surface area contributed by atoms with Gasteiger partial charge in [-0.25, -0.2) is 0 Å². The van der Waals surface area contributed by atoms with Crippen LogP contribution in [0.4, 0.5) is 0 Å². The minimum atomic E-state index is -0.178. The Morgan fingerprint density at radius 3 is 2.36 bits per heavy atom. The Labute approximate surface area is 84.4 Å². The first-order valence-electron chi connectivity index (χ1n) is 4.58. The van der Waals surface area contributed by atoms with Crippen molar-refractivity contribution >= 4 is 0 Å². The number of hydrogen-bond acceptors (Lipinski definition) is 2. The van der Waals surface area contributed by atoms with Crippen molar-refractivity contribution in [2.24, 2.45) is 5.92 Å². The van der Waals surface area contributed by atoms with E-state index in [-0.39, 0.29) is 5.92 Å². The molecule has 1 aromatic rings. The minimum absolute atomic E-state index is 0.178. The molecule has 1 atom stereocenters. The highest BCUT2D eigenvalue weighted by molar-refractivity contribution is 5.22. The molecular formula is C12H12N2. The van der Waals surface area contributed by atoms with Gasteiger partial charge < -0.3 is 0 Å². The molecule has 0 saturated heterocycles. The molecule has 14 heavy (non-hydrogen) atoms. The molecule has 2 nitrogen and oxygen atoms in total. The van der Waals surface area contributed by atoms with E-state index in [4.69, 9.17) is 10.5 Å². The van der Waals surface area contributed by atoms with Gasteiger partial charge in [0.2, 0.25) is 0 Å². The van der Waals surface area contributed by atoms with Crippen LogP contribution in [0.2, 0.25) is 0 Å². The van der Waals surface area contributed by atoms with Crippen molar-refractivity contribution in [2.45, 2.75) is 19.8 Å². The highest BCUT2D eigenvalue weighted by Crippen LogP contribution is 2.11. The van der Waals surface area contributed by atoms with Gasteiger partial charge >= 0.3 is 0 Å². The summed E-state index contributed by atoms with van der Waals surface area (Å²) in [6, 6.07) is 12.2. The summed E-state index contributed by atoms with van der Waals surface area (Å²) in [6.07, 6.45) is 0.981. The number of hydrogen-bond donors (Lipinski definition) is 0. The van der Waals surface area contributed by atoms with Crippen LogP contribution in [0, 0.1) is 35.5 Å². The third kappa shape index (κ3) is 2.92. The van der Waals surface area contributed by atoms with Gasteiger partial charge in [-0.3, -0.25) is 0 Å². The summed E-state index contributed by atoms with van der Waals surface area (Å²) in [4.78, 5) is 0. The Bertz CT molecular complexity index is 365. The molecule has 0 fully saturated rings. The van der Waals surface area contributed by atoms with Crippen molar-refractivity contribution in [3.8, 4) is 12.1 Å². The SMILES string of the molecule is Cc1ccc(C[C@@H](C#N)CC#N)cc1. The fourth-order valence-corrected chi connectivity index (χ4v) is 1.28. The third-order valence-electron chi connectivity index (χ3n) is 2.12. The average molecular weight is 184 g/mol. The van der Waals surface area contributed by atoms with E-state index in [1.807, 2.05) is 37.3 Å². The maximum atomic E-state index is 8.77. The number of aryl methyl sites for hydroxylation is 1. The monoisotopic (exact) mass is 184 g/mol. The first-order chi connectivity index (χ1) is 6.76. The van der Waals surface area contributed by atoms with Crippen molar-refractivity contribution in [1.82, 2.24) is 0 Å². The smallest absolute Gasteiger partial charge is 0.0670 e. The van der Waals surface area contributed by atoms with Crippen LogP contribution in [0.1, 0.15) is 17.5 Å².